The van der Waals surface area contributed by atoms with Crippen molar-refractivity contribution in [2.75, 3.05) is 19.6 Å². The predicted molar refractivity (Wildman–Crippen MR) is 74.1 cm³/mol. The fraction of sp³-hybridized carbons (Fsp3) is 0.933. The summed E-state index contributed by atoms with van der Waals surface area (Å²) in [5, 5.41) is 13.0. The molecule has 0 spiro atoms. The van der Waals surface area contributed by atoms with Crippen LogP contribution in [-0.4, -0.2) is 47.7 Å². The molecule has 0 radical (unpaired) electrons. The van der Waals surface area contributed by atoms with Crippen LogP contribution in [0.2, 0.25) is 0 Å². The normalized spacial score (nSPS) is 33.7. The molecule has 4 nitrogen and oxygen atoms in total. The van der Waals surface area contributed by atoms with Crippen LogP contribution in [-0.2, 0) is 4.79 Å². The van der Waals surface area contributed by atoms with Crippen molar-refractivity contribution < 1.29 is 9.90 Å². The van der Waals surface area contributed by atoms with E-state index in [9.17, 15) is 9.90 Å². The van der Waals surface area contributed by atoms with E-state index in [-0.39, 0.29) is 5.92 Å². The van der Waals surface area contributed by atoms with Crippen LogP contribution in [0.3, 0.4) is 0 Å². The highest BCUT2D eigenvalue weighted by atomic mass is 16.4. The molecule has 19 heavy (non-hydrogen) atoms. The zero-order valence-corrected chi connectivity index (χ0v) is 11.7. The Morgan fingerprint density at radius 2 is 1.84 bits per heavy atom. The molecule has 2 atom stereocenters. The number of nitrogens with zero attached hydrogens (tertiary/aromatic N) is 1. The molecular weight excluding hydrogens is 240 g/mol. The Morgan fingerprint density at radius 3 is 2.47 bits per heavy atom. The van der Waals surface area contributed by atoms with Gasteiger partial charge in [0.15, 0.2) is 0 Å². The average Bonchev–Trinajstić information content (AvgIpc) is 3.03. The molecule has 2 saturated carbocycles. The number of carbonyl (C=O) groups is 1. The molecule has 3 aliphatic rings. The van der Waals surface area contributed by atoms with Crippen molar-refractivity contribution in [3.05, 3.63) is 0 Å². The molecule has 2 unspecified atom stereocenters. The topological polar surface area (TPSA) is 52.6 Å². The van der Waals surface area contributed by atoms with E-state index in [0.29, 0.717) is 12.1 Å². The average molecular weight is 266 g/mol. The molecule has 2 aliphatic carbocycles. The third-order valence-corrected chi connectivity index (χ3v) is 4.92. The van der Waals surface area contributed by atoms with Crippen LogP contribution in [0.25, 0.3) is 0 Å². The van der Waals surface area contributed by atoms with Crippen molar-refractivity contribution in [3.63, 3.8) is 0 Å². The van der Waals surface area contributed by atoms with Gasteiger partial charge in [0, 0.05) is 31.7 Å². The van der Waals surface area contributed by atoms with Crippen molar-refractivity contribution in [1.29, 1.82) is 0 Å². The summed E-state index contributed by atoms with van der Waals surface area (Å²) in [7, 11) is 0. The summed E-state index contributed by atoms with van der Waals surface area (Å²) in [6.07, 6.45) is 8.78. The van der Waals surface area contributed by atoms with E-state index in [1.54, 1.807) is 0 Å². The molecule has 0 aromatic heterocycles. The van der Waals surface area contributed by atoms with Crippen LogP contribution < -0.4 is 5.32 Å². The molecular formula is C15H26N2O2. The lowest BCUT2D eigenvalue weighted by molar-refractivity contribution is -0.144. The summed E-state index contributed by atoms with van der Waals surface area (Å²) in [6, 6.07) is 1.06. The van der Waals surface area contributed by atoms with Crippen molar-refractivity contribution in [3.8, 4) is 0 Å². The Labute approximate surface area is 115 Å². The molecule has 3 fully saturated rings. The lowest BCUT2D eigenvalue weighted by Gasteiger charge is -2.38. The summed E-state index contributed by atoms with van der Waals surface area (Å²) < 4.78 is 0. The fourth-order valence-electron chi connectivity index (χ4n) is 3.78. The van der Waals surface area contributed by atoms with E-state index in [1.165, 1.54) is 38.5 Å². The maximum atomic E-state index is 11.3. The van der Waals surface area contributed by atoms with Crippen LogP contribution >= 0.6 is 0 Å². The molecule has 1 aliphatic heterocycles. The number of piperidine rings is 1. The Kier molecular flexibility index (Phi) is 4.08. The molecule has 1 heterocycles. The summed E-state index contributed by atoms with van der Waals surface area (Å²) >= 11 is 0. The number of nitrogens with one attached hydrogen (secondary N) is 1. The van der Waals surface area contributed by atoms with Gasteiger partial charge in [0.25, 0.3) is 0 Å². The van der Waals surface area contributed by atoms with Gasteiger partial charge in [0.1, 0.15) is 0 Å². The number of aliphatic carboxylic acids is 1. The first-order valence-electron chi connectivity index (χ1n) is 7.92. The highest BCUT2D eigenvalue weighted by Gasteiger charge is 2.35. The van der Waals surface area contributed by atoms with Crippen LogP contribution in [0, 0.1) is 11.8 Å². The molecule has 0 amide bonds. The molecule has 1 saturated heterocycles. The number of hydrogen-bond donors (Lipinski definition) is 2. The lowest BCUT2D eigenvalue weighted by atomic mass is 9.93. The third kappa shape index (κ3) is 3.69. The van der Waals surface area contributed by atoms with E-state index in [4.69, 9.17) is 0 Å². The van der Waals surface area contributed by atoms with Crippen molar-refractivity contribution in [2.45, 2.75) is 57.0 Å². The second-order valence-electron chi connectivity index (χ2n) is 6.78. The molecule has 2 N–H and O–H groups in total. The van der Waals surface area contributed by atoms with Gasteiger partial charge in [-0.15, -0.1) is 0 Å². The van der Waals surface area contributed by atoms with Crippen LogP contribution in [0.15, 0.2) is 0 Å². The van der Waals surface area contributed by atoms with Gasteiger partial charge in [0.2, 0.25) is 0 Å². The summed E-state index contributed by atoms with van der Waals surface area (Å²) in [5.41, 5.74) is 0. The molecule has 0 bridgehead atoms. The highest BCUT2D eigenvalue weighted by molar-refractivity contribution is 5.70. The number of carboxylic acid groups (broad SMARTS) is 1. The minimum atomic E-state index is -0.612. The van der Waals surface area contributed by atoms with Gasteiger partial charge in [-0.05, 0) is 38.0 Å². The fourth-order valence-corrected chi connectivity index (χ4v) is 3.78. The predicted octanol–water partition coefficient (Wildman–Crippen LogP) is 1.70. The van der Waals surface area contributed by atoms with Crippen LogP contribution in [0.1, 0.15) is 44.9 Å². The van der Waals surface area contributed by atoms with E-state index in [2.05, 4.69) is 10.2 Å². The zero-order valence-electron chi connectivity index (χ0n) is 11.7. The Hall–Kier alpha value is -0.610. The quantitative estimate of drug-likeness (QED) is 0.795. The highest BCUT2D eigenvalue weighted by Crippen LogP contribution is 2.28. The monoisotopic (exact) mass is 266 g/mol. The lowest BCUT2D eigenvalue weighted by Crippen LogP contribution is -2.52. The van der Waals surface area contributed by atoms with E-state index < -0.39 is 5.97 Å². The summed E-state index contributed by atoms with van der Waals surface area (Å²) in [4.78, 5) is 13.7. The second kappa shape index (κ2) is 5.80. The first-order chi connectivity index (χ1) is 9.20. The van der Waals surface area contributed by atoms with Gasteiger partial charge in [-0.3, -0.25) is 4.79 Å². The summed E-state index contributed by atoms with van der Waals surface area (Å²) in [6.45, 7) is 2.93. The van der Waals surface area contributed by atoms with E-state index in [1.807, 2.05) is 0 Å². The first-order valence-corrected chi connectivity index (χ1v) is 7.92. The van der Waals surface area contributed by atoms with Gasteiger partial charge < -0.3 is 15.3 Å². The number of carboxylic acids is 1. The van der Waals surface area contributed by atoms with E-state index >= 15 is 0 Å². The van der Waals surface area contributed by atoms with Gasteiger partial charge in [-0.1, -0.05) is 12.8 Å². The minimum Gasteiger partial charge on any atom is -0.481 e. The number of likely N-dealkylation sites (tertiary alicyclic amines) is 1. The number of hydrogen-bond acceptors (Lipinski definition) is 3. The Bertz CT molecular complexity index is 324. The van der Waals surface area contributed by atoms with Gasteiger partial charge in [0.05, 0.1) is 5.92 Å². The third-order valence-electron chi connectivity index (χ3n) is 4.92. The smallest absolute Gasteiger partial charge is 0.307 e. The SMILES string of the molecule is O=C(O)C1CC(NC2CC2)CN(CC2CCCC2)C1. The van der Waals surface area contributed by atoms with Crippen molar-refractivity contribution >= 4 is 5.97 Å². The molecule has 0 aromatic rings. The number of rotatable bonds is 5. The van der Waals surface area contributed by atoms with E-state index in [0.717, 1.165) is 32.0 Å². The van der Waals surface area contributed by atoms with Gasteiger partial charge >= 0.3 is 5.97 Å². The van der Waals surface area contributed by atoms with Crippen molar-refractivity contribution in [1.82, 2.24) is 10.2 Å². The van der Waals surface area contributed by atoms with Gasteiger partial charge in [-0.25, -0.2) is 0 Å². The zero-order chi connectivity index (χ0) is 13.2. The maximum Gasteiger partial charge on any atom is 0.307 e. The minimum absolute atomic E-state index is 0.175. The second-order valence-corrected chi connectivity index (χ2v) is 6.78. The van der Waals surface area contributed by atoms with Crippen LogP contribution in [0.5, 0.6) is 0 Å². The summed E-state index contributed by atoms with van der Waals surface area (Å²) in [5.74, 6) is 0.0271. The Morgan fingerprint density at radius 1 is 1.11 bits per heavy atom. The molecule has 108 valence electrons. The Balaban J connectivity index is 1.56. The van der Waals surface area contributed by atoms with Crippen molar-refractivity contribution in [2.24, 2.45) is 11.8 Å². The largest absolute Gasteiger partial charge is 0.481 e. The maximum absolute atomic E-state index is 11.3. The molecule has 4 heteroatoms. The van der Waals surface area contributed by atoms with Crippen LogP contribution in [0.4, 0.5) is 0 Å². The standard InChI is InChI=1S/C15H26N2O2/c18-15(19)12-7-14(16-13-5-6-13)10-17(9-12)8-11-3-1-2-4-11/h11-14,16H,1-10H2,(H,18,19). The van der Waals surface area contributed by atoms with Gasteiger partial charge in [-0.2, -0.15) is 0 Å². The molecule has 0 aromatic carbocycles. The first kappa shape index (κ1) is 13.4. The molecule has 3 rings (SSSR count).